The number of hydrogen-bond acceptors (Lipinski definition) is 5. The van der Waals surface area contributed by atoms with Crippen molar-refractivity contribution in [2.75, 3.05) is 11.9 Å². The second-order valence-electron chi connectivity index (χ2n) is 7.24. The van der Waals surface area contributed by atoms with Gasteiger partial charge in [-0.2, -0.15) is 18.4 Å². The molecule has 1 amide bonds. The van der Waals surface area contributed by atoms with E-state index in [0.717, 1.165) is 34.7 Å². The van der Waals surface area contributed by atoms with Crippen LogP contribution in [0.25, 0.3) is 0 Å². The van der Waals surface area contributed by atoms with Crippen molar-refractivity contribution < 1.29 is 18.0 Å². The van der Waals surface area contributed by atoms with Gasteiger partial charge in [0.05, 0.1) is 16.7 Å². The first-order valence-corrected chi connectivity index (χ1v) is 10.4. The number of nitrogens with one attached hydrogen (secondary N) is 1. The number of carbonyl (C=O) groups excluding carboxylic acids is 1. The number of aromatic nitrogens is 1. The predicted molar refractivity (Wildman–Crippen MR) is 110 cm³/mol. The van der Waals surface area contributed by atoms with Gasteiger partial charge in [0.25, 0.3) is 5.91 Å². The van der Waals surface area contributed by atoms with Crippen LogP contribution in [0, 0.1) is 11.3 Å². The van der Waals surface area contributed by atoms with E-state index < -0.39 is 17.6 Å². The van der Waals surface area contributed by atoms with Gasteiger partial charge in [-0.05, 0) is 41.8 Å². The van der Waals surface area contributed by atoms with Crippen LogP contribution in [0.5, 0.6) is 0 Å². The lowest BCUT2D eigenvalue weighted by atomic mass is 10.0. The zero-order valence-electron chi connectivity index (χ0n) is 16.2. The highest BCUT2D eigenvalue weighted by Gasteiger charge is 2.31. The van der Waals surface area contributed by atoms with E-state index in [-0.39, 0.29) is 5.69 Å². The molecule has 31 heavy (non-hydrogen) atoms. The normalized spacial score (nSPS) is 14.0. The van der Waals surface area contributed by atoms with Crippen LogP contribution < -0.4 is 5.32 Å². The molecule has 0 bridgehead atoms. The molecule has 0 fully saturated rings. The number of thiophene rings is 1. The Morgan fingerprint density at radius 3 is 2.90 bits per heavy atom. The van der Waals surface area contributed by atoms with Crippen molar-refractivity contribution >= 4 is 22.9 Å². The van der Waals surface area contributed by atoms with Crippen LogP contribution in [-0.2, 0) is 25.7 Å². The molecule has 1 N–H and O–H groups in total. The van der Waals surface area contributed by atoms with Crippen molar-refractivity contribution in [2.24, 2.45) is 0 Å². The average Bonchev–Trinajstić information content (AvgIpc) is 3.17. The van der Waals surface area contributed by atoms with Gasteiger partial charge in [-0.1, -0.05) is 6.07 Å². The molecule has 0 saturated carbocycles. The van der Waals surface area contributed by atoms with Crippen molar-refractivity contribution in [2.45, 2.75) is 25.7 Å². The quantitative estimate of drug-likeness (QED) is 0.628. The minimum Gasteiger partial charge on any atom is -0.322 e. The zero-order valence-corrected chi connectivity index (χ0v) is 17.1. The summed E-state index contributed by atoms with van der Waals surface area (Å²) >= 11 is 1.47. The molecule has 0 atom stereocenters. The Hall–Kier alpha value is -3.22. The van der Waals surface area contributed by atoms with Crippen LogP contribution in [0.4, 0.5) is 18.9 Å². The Bertz CT molecular complexity index is 1170. The van der Waals surface area contributed by atoms with Crippen LogP contribution in [0.2, 0.25) is 0 Å². The third-order valence-corrected chi connectivity index (χ3v) is 6.06. The summed E-state index contributed by atoms with van der Waals surface area (Å²) in [5, 5.41) is 13.4. The molecular weight excluding hydrogens is 425 g/mol. The Morgan fingerprint density at radius 2 is 2.13 bits per heavy atom. The molecule has 3 aromatic rings. The molecule has 1 aliphatic heterocycles. The lowest BCUT2D eigenvalue weighted by Gasteiger charge is -2.27. The minimum absolute atomic E-state index is 0.113. The topological polar surface area (TPSA) is 69.0 Å². The lowest BCUT2D eigenvalue weighted by molar-refractivity contribution is -0.137. The van der Waals surface area contributed by atoms with Crippen molar-refractivity contribution in [3.05, 3.63) is 80.8 Å². The number of anilines is 1. The number of nitrogens with zero attached hydrogens (tertiary/aromatic N) is 3. The molecule has 5 nitrogen and oxygen atoms in total. The number of alkyl halides is 3. The van der Waals surface area contributed by atoms with Crippen molar-refractivity contribution in [3.63, 3.8) is 0 Å². The van der Waals surface area contributed by atoms with Crippen molar-refractivity contribution in [3.8, 4) is 6.07 Å². The SMILES string of the molecule is N#Cc1cncc(CN2CCc3c(C(=O)Nc4cccc(C(F)(F)F)c4)csc3C2)c1. The first kappa shape index (κ1) is 21.0. The Balaban J connectivity index is 1.45. The molecule has 0 saturated heterocycles. The molecule has 158 valence electrons. The molecule has 0 radical (unpaired) electrons. The minimum atomic E-state index is -4.46. The maximum absolute atomic E-state index is 12.9. The number of halogens is 3. The van der Waals surface area contributed by atoms with Gasteiger partial charge in [-0.25, -0.2) is 0 Å². The fraction of sp³-hybridized carbons (Fsp3) is 0.227. The molecule has 1 aromatic carbocycles. The fourth-order valence-electron chi connectivity index (χ4n) is 3.57. The number of amides is 1. The highest BCUT2D eigenvalue weighted by molar-refractivity contribution is 7.10. The number of nitriles is 1. The summed E-state index contributed by atoms with van der Waals surface area (Å²) < 4.78 is 38.7. The highest BCUT2D eigenvalue weighted by Crippen LogP contribution is 2.32. The summed E-state index contributed by atoms with van der Waals surface area (Å²) in [6, 6.07) is 8.51. The third kappa shape index (κ3) is 4.76. The molecule has 4 rings (SSSR count). The number of rotatable bonds is 4. The summed E-state index contributed by atoms with van der Waals surface area (Å²) in [6.07, 6.45) is -0.547. The average molecular weight is 442 g/mol. The second-order valence-corrected chi connectivity index (χ2v) is 8.20. The first-order chi connectivity index (χ1) is 14.8. The Kier molecular flexibility index (Phi) is 5.76. The van der Waals surface area contributed by atoms with Crippen LogP contribution in [-0.4, -0.2) is 22.3 Å². The largest absolute Gasteiger partial charge is 0.416 e. The molecule has 2 aromatic heterocycles. The number of hydrogen-bond donors (Lipinski definition) is 1. The van der Waals surface area contributed by atoms with Crippen molar-refractivity contribution in [1.29, 1.82) is 5.26 Å². The number of fused-ring (bicyclic) bond motifs is 1. The standard InChI is InChI=1S/C22H17F3N4OS/c23-22(24,25)16-2-1-3-17(7-16)28-21(30)19-13-31-20-12-29(5-4-18(19)20)11-15-6-14(8-26)9-27-10-15/h1-3,6-7,9-10,13H,4-5,11-12H2,(H,28,30). The van der Waals surface area contributed by atoms with Crippen LogP contribution in [0.3, 0.4) is 0 Å². The van der Waals surface area contributed by atoms with Gasteiger partial charge in [-0.15, -0.1) is 11.3 Å². The van der Waals surface area contributed by atoms with E-state index in [1.54, 1.807) is 11.6 Å². The molecule has 0 aliphatic carbocycles. The monoisotopic (exact) mass is 442 g/mol. The van der Waals surface area contributed by atoms with Gasteiger partial charge < -0.3 is 5.32 Å². The summed E-state index contributed by atoms with van der Waals surface area (Å²) in [6.45, 7) is 2.03. The second kappa shape index (κ2) is 8.49. The molecule has 3 heterocycles. The Morgan fingerprint density at radius 1 is 1.29 bits per heavy atom. The van der Waals surface area contributed by atoms with Gasteiger partial charge in [-0.3, -0.25) is 14.7 Å². The molecule has 9 heteroatoms. The third-order valence-electron chi connectivity index (χ3n) is 5.05. The van der Waals surface area contributed by atoms with Gasteiger partial charge in [0.1, 0.15) is 6.07 Å². The Labute approximate surface area is 180 Å². The van der Waals surface area contributed by atoms with Crippen LogP contribution in [0.1, 0.15) is 37.5 Å². The van der Waals surface area contributed by atoms with Crippen molar-refractivity contribution in [1.82, 2.24) is 9.88 Å². The fourth-order valence-corrected chi connectivity index (χ4v) is 4.69. The van der Waals surface area contributed by atoms with Gasteiger partial charge in [0, 0.05) is 48.0 Å². The maximum atomic E-state index is 12.9. The number of carbonyl (C=O) groups is 1. The van der Waals surface area contributed by atoms with E-state index in [9.17, 15) is 18.0 Å². The summed E-state index contributed by atoms with van der Waals surface area (Å²) in [5.41, 5.74) is 2.21. The van der Waals surface area contributed by atoms with Gasteiger partial charge >= 0.3 is 6.18 Å². The highest BCUT2D eigenvalue weighted by atomic mass is 32.1. The van der Waals surface area contributed by atoms with E-state index in [4.69, 9.17) is 5.26 Å². The van der Waals surface area contributed by atoms with Gasteiger partial charge in [0.15, 0.2) is 0 Å². The number of pyridine rings is 1. The summed E-state index contributed by atoms with van der Waals surface area (Å²) in [4.78, 5) is 20.1. The van der Waals surface area contributed by atoms with E-state index in [1.807, 2.05) is 6.07 Å². The van der Waals surface area contributed by atoms with E-state index in [2.05, 4.69) is 21.3 Å². The molecule has 1 aliphatic rings. The zero-order chi connectivity index (χ0) is 22.0. The maximum Gasteiger partial charge on any atom is 0.416 e. The van der Waals surface area contributed by atoms with E-state index in [1.165, 1.54) is 29.7 Å². The summed E-state index contributed by atoms with van der Waals surface area (Å²) in [7, 11) is 0. The van der Waals surface area contributed by atoms with E-state index >= 15 is 0 Å². The molecule has 0 spiro atoms. The lowest BCUT2D eigenvalue weighted by Crippen LogP contribution is -2.30. The van der Waals surface area contributed by atoms with Crippen LogP contribution >= 0.6 is 11.3 Å². The predicted octanol–water partition coefficient (Wildman–Crippen LogP) is 4.84. The molecular formula is C22H17F3N4OS. The number of benzene rings is 1. The smallest absolute Gasteiger partial charge is 0.322 e. The first-order valence-electron chi connectivity index (χ1n) is 9.47. The molecule has 0 unspecified atom stereocenters. The van der Waals surface area contributed by atoms with E-state index in [0.29, 0.717) is 30.6 Å². The van der Waals surface area contributed by atoms with Gasteiger partial charge in [0.2, 0.25) is 0 Å². The summed E-state index contributed by atoms with van der Waals surface area (Å²) in [5.74, 6) is -0.406. The van der Waals surface area contributed by atoms with Crippen LogP contribution in [0.15, 0.2) is 48.1 Å².